The van der Waals surface area contributed by atoms with Crippen molar-refractivity contribution in [2.45, 2.75) is 66.9 Å². The number of methoxy groups -OCH3 is 1. The van der Waals surface area contributed by atoms with Crippen LogP contribution in [0.4, 0.5) is 0 Å². The summed E-state index contributed by atoms with van der Waals surface area (Å²) in [5.41, 5.74) is 1.93. The molecule has 5 atom stereocenters. The first-order valence-electron chi connectivity index (χ1n) is 12.8. The third-order valence-corrected chi connectivity index (χ3v) is 10.3. The summed E-state index contributed by atoms with van der Waals surface area (Å²) in [4.78, 5) is 15.5. The second kappa shape index (κ2) is 7.89. The average molecular weight is 494 g/mol. The predicted molar refractivity (Wildman–Crippen MR) is 134 cm³/mol. The number of furan rings is 1. The van der Waals surface area contributed by atoms with Crippen molar-refractivity contribution in [2.24, 2.45) is 5.92 Å². The molecule has 0 amide bonds. The Morgan fingerprint density at radius 3 is 2.94 bits per heavy atom. The number of benzene rings is 1. The van der Waals surface area contributed by atoms with E-state index in [4.69, 9.17) is 13.9 Å². The fourth-order valence-corrected chi connectivity index (χ4v) is 8.52. The summed E-state index contributed by atoms with van der Waals surface area (Å²) in [6.07, 6.45) is 12.1. The number of likely N-dealkylation sites (tertiary alicyclic amines) is 1. The number of rotatable bonds is 6. The average Bonchev–Trinajstić information content (AvgIpc) is 3.36. The molecule has 7 rings (SSSR count). The number of ether oxygens (including phenoxy) is 2. The molecule has 1 aromatic carbocycles. The zero-order valence-electron chi connectivity index (χ0n) is 19.9. The Morgan fingerprint density at radius 2 is 2.17 bits per heavy atom. The molecule has 0 radical (unpaired) electrons. The summed E-state index contributed by atoms with van der Waals surface area (Å²) < 4.78 is 17.6. The predicted octanol–water partition coefficient (Wildman–Crippen LogP) is 4.19. The normalized spacial score (nSPS) is 35.1. The number of aliphatic hydroxyl groups is 1. The van der Waals surface area contributed by atoms with Gasteiger partial charge >= 0.3 is 0 Å². The monoisotopic (exact) mass is 493 g/mol. The third kappa shape index (κ3) is 3.14. The van der Waals surface area contributed by atoms with Crippen molar-refractivity contribution in [1.82, 2.24) is 4.90 Å². The van der Waals surface area contributed by atoms with Crippen LogP contribution in [0, 0.1) is 5.92 Å². The van der Waals surface area contributed by atoms with Crippen molar-refractivity contribution in [3.63, 3.8) is 0 Å². The van der Waals surface area contributed by atoms with Crippen molar-refractivity contribution >= 4 is 23.0 Å². The number of thioether (sulfide) groups is 1. The van der Waals surface area contributed by atoms with Crippen LogP contribution in [0.2, 0.25) is 0 Å². The molecule has 1 saturated heterocycles. The van der Waals surface area contributed by atoms with Crippen LogP contribution >= 0.6 is 11.8 Å². The van der Waals surface area contributed by atoms with Gasteiger partial charge in [-0.05, 0) is 80.8 Å². The molecule has 5 aliphatic rings. The lowest BCUT2D eigenvalue weighted by molar-refractivity contribution is -0.184. The molecule has 2 aliphatic heterocycles. The van der Waals surface area contributed by atoms with Gasteiger partial charge in [0.25, 0.3) is 0 Å². The standard InChI is InChI=1S/C28H31NO5S/c1-32-20-6-5-19-14-22-28(31)10-8-21(35-23(30)7-4-18-9-13-33-16-18)26-27(28,24(19)25(20)34-26)11-12-29(22)15-17-2-3-17/h4-7,9,13,16-17,21-22,26,31H,2-3,8,10-12,14-15H2,1H3/b7-4+/t21?,22-,26?,27-,28?/m0/s1. The maximum absolute atomic E-state index is 13.0. The summed E-state index contributed by atoms with van der Waals surface area (Å²) in [6.45, 7) is 2.05. The van der Waals surface area contributed by atoms with E-state index in [0.717, 1.165) is 60.9 Å². The number of carbonyl (C=O) groups excluding carboxylic acids is 1. The van der Waals surface area contributed by atoms with E-state index < -0.39 is 11.0 Å². The Bertz CT molecular complexity index is 1190. The highest BCUT2D eigenvalue weighted by molar-refractivity contribution is 8.14. The summed E-state index contributed by atoms with van der Waals surface area (Å²) in [5, 5.41) is 12.5. The lowest BCUT2D eigenvalue weighted by Gasteiger charge is -2.64. The molecule has 3 heterocycles. The van der Waals surface area contributed by atoms with Gasteiger partial charge in [-0.1, -0.05) is 17.8 Å². The molecule has 35 heavy (non-hydrogen) atoms. The highest BCUT2D eigenvalue weighted by Gasteiger charge is 2.73. The Morgan fingerprint density at radius 1 is 1.29 bits per heavy atom. The Balaban J connectivity index is 1.26. The molecular weight excluding hydrogens is 462 g/mol. The molecule has 1 aromatic heterocycles. The molecular formula is C28H31NO5S. The first-order valence-corrected chi connectivity index (χ1v) is 13.7. The lowest BCUT2D eigenvalue weighted by atomic mass is 9.49. The van der Waals surface area contributed by atoms with Gasteiger partial charge in [-0.2, -0.15) is 0 Å². The van der Waals surface area contributed by atoms with Crippen LogP contribution in [0.15, 0.2) is 41.2 Å². The number of nitrogens with zero attached hydrogens (tertiary/aromatic N) is 1. The number of carbonyl (C=O) groups is 1. The Labute approximate surface area is 209 Å². The second-order valence-corrected chi connectivity index (χ2v) is 12.1. The topological polar surface area (TPSA) is 72.1 Å². The number of piperidine rings is 1. The van der Waals surface area contributed by atoms with E-state index in [1.807, 2.05) is 12.1 Å². The third-order valence-electron chi connectivity index (χ3n) is 9.14. The molecule has 1 spiro atoms. The quantitative estimate of drug-likeness (QED) is 0.605. The molecule has 1 N–H and O–H groups in total. The van der Waals surface area contributed by atoms with Crippen LogP contribution in [0.5, 0.6) is 11.5 Å². The maximum Gasteiger partial charge on any atom is 0.212 e. The van der Waals surface area contributed by atoms with Crippen molar-refractivity contribution in [3.05, 3.63) is 53.5 Å². The first kappa shape index (κ1) is 22.0. The number of hydrogen-bond acceptors (Lipinski definition) is 7. The van der Waals surface area contributed by atoms with E-state index in [9.17, 15) is 9.90 Å². The van der Waals surface area contributed by atoms with Crippen LogP contribution in [0.1, 0.15) is 48.8 Å². The minimum Gasteiger partial charge on any atom is -0.493 e. The molecule has 6 nitrogen and oxygen atoms in total. The van der Waals surface area contributed by atoms with Crippen molar-refractivity contribution in [1.29, 1.82) is 0 Å². The van der Waals surface area contributed by atoms with E-state index in [-0.39, 0.29) is 22.5 Å². The van der Waals surface area contributed by atoms with Crippen molar-refractivity contribution in [2.75, 3.05) is 20.2 Å². The van der Waals surface area contributed by atoms with Gasteiger partial charge in [-0.25, -0.2) is 0 Å². The van der Waals surface area contributed by atoms with Gasteiger partial charge in [-0.15, -0.1) is 0 Å². The van der Waals surface area contributed by atoms with Gasteiger partial charge < -0.3 is 19.0 Å². The minimum atomic E-state index is -0.859. The van der Waals surface area contributed by atoms with Crippen LogP contribution < -0.4 is 9.47 Å². The Kier molecular flexibility index (Phi) is 4.96. The fourth-order valence-electron chi connectivity index (χ4n) is 7.43. The van der Waals surface area contributed by atoms with Gasteiger partial charge in [0.2, 0.25) is 5.12 Å². The van der Waals surface area contributed by atoms with E-state index in [2.05, 4.69) is 11.0 Å². The summed E-state index contributed by atoms with van der Waals surface area (Å²) in [7, 11) is 1.67. The lowest BCUT2D eigenvalue weighted by Crippen LogP contribution is -2.77. The molecule has 3 fully saturated rings. The van der Waals surface area contributed by atoms with E-state index in [1.54, 1.807) is 31.8 Å². The molecule has 2 bridgehead atoms. The van der Waals surface area contributed by atoms with Gasteiger partial charge in [-0.3, -0.25) is 9.69 Å². The molecule has 184 valence electrons. The zero-order chi connectivity index (χ0) is 23.8. The minimum absolute atomic E-state index is 0.00307. The highest BCUT2D eigenvalue weighted by Crippen LogP contribution is 2.66. The van der Waals surface area contributed by atoms with Crippen LogP contribution in [-0.4, -0.2) is 58.3 Å². The largest absolute Gasteiger partial charge is 0.493 e. The molecule has 3 unspecified atom stereocenters. The van der Waals surface area contributed by atoms with Gasteiger partial charge in [0.15, 0.2) is 11.5 Å². The maximum atomic E-state index is 13.0. The molecule has 3 aliphatic carbocycles. The summed E-state index contributed by atoms with van der Waals surface area (Å²) in [5.74, 6) is 2.29. The van der Waals surface area contributed by atoms with Gasteiger partial charge in [0, 0.05) is 23.7 Å². The van der Waals surface area contributed by atoms with Gasteiger partial charge in [0.1, 0.15) is 6.10 Å². The SMILES string of the molecule is COc1ccc2c3c1OC1C(SC(=O)/C=C/c4ccoc4)CCC4(O)[C@H](C2)N(CC2CC2)CC[C@]314. The van der Waals surface area contributed by atoms with Crippen molar-refractivity contribution < 1.29 is 23.8 Å². The highest BCUT2D eigenvalue weighted by atomic mass is 32.2. The van der Waals surface area contributed by atoms with Crippen LogP contribution in [0.3, 0.4) is 0 Å². The van der Waals surface area contributed by atoms with Crippen LogP contribution in [-0.2, 0) is 16.6 Å². The van der Waals surface area contributed by atoms with E-state index in [1.165, 1.54) is 30.2 Å². The van der Waals surface area contributed by atoms with Crippen molar-refractivity contribution in [3.8, 4) is 11.5 Å². The fraction of sp³-hybridized carbons (Fsp3) is 0.536. The first-order chi connectivity index (χ1) is 17.0. The molecule has 2 saturated carbocycles. The molecule has 2 aromatic rings. The van der Waals surface area contributed by atoms with Gasteiger partial charge in [0.05, 0.1) is 35.9 Å². The Hall–Kier alpha value is -2.22. The molecule has 7 heteroatoms. The van der Waals surface area contributed by atoms with Crippen LogP contribution in [0.25, 0.3) is 6.08 Å². The second-order valence-electron chi connectivity index (χ2n) is 10.9. The summed E-state index contributed by atoms with van der Waals surface area (Å²) >= 11 is 1.35. The van der Waals surface area contributed by atoms with E-state index >= 15 is 0 Å². The summed E-state index contributed by atoms with van der Waals surface area (Å²) in [6, 6.07) is 6.11. The smallest absolute Gasteiger partial charge is 0.212 e. The van der Waals surface area contributed by atoms with E-state index in [0.29, 0.717) is 6.42 Å². The number of hydrogen-bond donors (Lipinski definition) is 1. The zero-order valence-corrected chi connectivity index (χ0v) is 20.8.